The van der Waals surface area contributed by atoms with Crippen molar-refractivity contribution < 1.29 is 14.7 Å². The van der Waals surface area contributed by atoms with Crippen LogP contribution in [0.15, 0.2) is 40.9 Å². The number of hydrogen-bond donors (Lipinski definition) is 3. The average Bonchev–Trinajstić information content (AvgIpc) is 2.83. The molecule has 3 heterocycles. The lowest BCUT2D eigenvalue weighted by atomic mass is 9.95. The molecule has 35 heavy (non-hydrogen) atoms. The van der Waals surface area contributed by atoms with E-state index in [1.165, 1.54) is 5.56 Å². The molecule has 1 amide bonds. The number of hydrogen-bond acceptors (Lipinski definition) is 5. The third-order valence-corrected chi connectivity index (χ3v) is 7.17. The van der Waals surface area contributed by atoms with E-state index in [9.17, 15) is 14.7 Å². The maximum atomic E-state index is 13.1. The van der Waals surface area contributed by atoms with Crippen molar-refractivity contribution in [2.75, 3.05) is 31.5 Å². The van der Waals surface area contributed by atoms with Crippen LogP contribution in [-0.2, 0) is 22.4 Å². The van der Waals surface area contributed by atoms with Crippen molar-refractivity contribution in [3.05, 3.63) is 57.7 Å². The van der Waals surface area contributed by atoms with Crippen LogP contribution in [-0.4, -0.2) is 53.0 Å². The van der Waals surface area contributed by atoms with Gasteiger partial charge < -0.3 is 20.6 Å². The highest BCUT2D eigenvalue weighted by molar-refractivity contribution is 9.10. The molecule has 1 saturated heterocycles. The number of nitrogens with one attached hydrogen (secondary N) is 2. The number of anilines is 1. The third-order valence-electron chi connectivity index (χ3n) is 6.68. The quantitative estimate of drug-likeness (QED) is 0.411. The number of amides is 1. The summed E-state index contributed by atoms with van der Waals surface area (Å²) in [5.74, 6) is -0.0667. The minimum absolute atomic E-state index is 0. The fraction of sp³-hybridized carbons (Fsp3) is 0.500. The molecule has 7 nitrogen and oxygen atoms in total. The summed E-state index contributed by atoms with van der Waals surface area (Å²) in [6, 6.07) is 11.3. The van der Waals surface area contributed by atoms with Gasteiger partial charge in [0.1, 0.15) is 5.82 Å². The van der Waals surface area contributed by atoms with Crippen molar-refractivity contribution >= 4 is 46.0 Å². The number of carbonyl (C=O) groups excluding carboxylic acids is 1. The molecule has 0 radical (unpaired) electrons. The zero-order valence-corrected chi connectivity index (χ0v) is 22.2. The zero-order chi connectivity index (χ0) is 23.9. The number of piperidine rings is 1. The zero-order valence-electron chi connectivity index (χ0n) is 19.8. The first kappa shape index (κ1) is 27.4. The van der Waals surface area contributed by atoms with Crippen molar-refractivity contribution in [3.8, 4) is 0 Å². The highest BCUT2D eigenvalue weighted by Crippen LogP contribution is 2.24. The van der Waals surface area contributed by atoms with E-state index >= 15 is 0 Å². The van der Waals surface area contributed by atoms with Gasteiger partial charge in [-0.05, 0) is 80.9 Å². The molecule has 2 aliphatic heterocycles. The van der Waals surface area contributed by atoms with Crippen molar-refractivity contribution in [2.45, 2.75) is 51.0 Å². The van der Waals surface area contributed by atoms with Gasteiger partial charge in [0.25, 0.3) is 0 Å². The van der Waals surface area contributed by atoms with Gasteiger partial charge in [0.15, 0.2) is 0 Å². The number of carboxylic acid groups (broad SMARTS) is 1. The Morgan fingerprint density at radius 1 is 1.26 bits per heavy atom. The molecule has 0 unspecified atom stereocenters. The number of rotatable bonds is 9. The van der Waals surface area contributed by atoms with Gasteiger partial charge in [-0.15, -0.1) is 12.4 Å². The standard InChI is InChI=1S/C26H33BrN4O3.ClH/c27-21-8-1-5-19(15-21)23(16-24(32)33)30-26(34)20-7-3-13-31(17-20)14-4-9-22-11-10-18-6-2-12-28-25(18)29-22;/h1,5,8,10-11,15,20,23H,2-4,6-7,9,12-14,16-17H2,(H,28,29)(H,30,34)(H,32,33);1H/t20-,23+;/m1./s1. The number of nitrogens with zero attached hydrogens (tertiary/aromatic N) is 2. The lowest BCUT2D eigenvalue weighted by Gasteiger charge is -2.33. The van der Waals surface area contributed by atoms with Crippen molar-refractivity contribution in [1.82, 2.24) is 15.2 Å². The second-order valence-electron chi connectivity index (χ2n) is 9.30. The Labute approximate surface area is 221 Å². The third kappa shape index (κ3) is 7.92. The van der Waals surface area contributed by atoms with Crippen molar-refractivity contribution in [2.24, 2.45) is 5.92 Å². The number of benzene rings is 1. The van der Waals surface area contributed by atoms with Crippen LogP contribution in [0.25, 0.3) is 0 Å². The Morgan fingerprint density at radius 2 is 2.11 bits per heavy atom. The van der Waals surface area contributed by atoms with Crippen molar-refractivity contribution in [3.63, 3.8) is 0 Å². The summed E-state index contributed by atoms with van der Waals surface area (Å²) in [5, 5.41) is 15.8. The Balaban J connectivity index is 0.00000342. The highest BCUT2D eigenvalue weighted by Gasteiger charge is 2.28. The molecule has 1 aromatic carbocycles. The molecule has 3 N–H and O–H groups in total. The summed E-state index contributed by atoms with van der Waals surface area (Å²) in [7, 11) is 0. The molecule has 2 aliphatic rings. The number of fused-ring (bicyclic) bond motifs is 1. The number of aryl methyl sites for hydroxylation is 2. The summed E-state index contributed by atoms with van der Waals surface area (Å²) in [5.41, 5.74) is 3.22. The molecule has 0 aliphatic carbocycles. The maximum Gasteiger partial charge on any atom is 0.305 e. The smallest absolute Gasteiger partial charge is 0.305 e. The Kier molecular flexibility index (Phi) is 10.4. The summed E-state index contributed by atoms with van der Waals surface area (Å²) in [6.07, 6.45) is 5.85. The lowest BCUT2D eigenvalue weighted by Crippen LogP contribution is -2.44. The van der Waals surface area contributed by atoms with Gasteiger partial charge in [0.2, 0.25) is 5.91 Å². The molecular formula is C26H34BrClN4O3. The van der Waals surface area contributed by atoms with Gasteiger partial charge in [0, 0.05) is 23.3 Å². The maximum absolute atomic E-state index is 13.1. The predicted molar refractivity (Wildman–Crippen MR) is 143 cm³/mol. The molecule has 1 fully saturated rings. The van der Waals surface area contributed by atoms with Crippen LogP contribution in [0.1, 0.15) is 55.0 Å². The normalized spacial score (nSPS) is 18.5. The monoisotopic (exact) mass is 564 g/mol. The average molecular weight is 566 g/mol. The van der Waals surface area contributed by atoms with Gasteiger partial charge >= 0.3 is 5.97 Å². The van der Waals surface area contributed by atoms with E-state index < -0.39 is 12.0 Å². The van der Waals surface area contributed by atoms with E-state index in [0.29, 0.717) is 6.54 Å². The first-order valence-corrected chi connectivity index (χ1v) is 13.0. The van der Waals surface area contributed by atoms with Crippen LogP contribution >= 0.6 is 28.3 Å². The second kappa shape index (κ2) is 13.2. The number of aromatic nitrogens is 1. The number of carboxylic acids is 1. The largest absolute Gasteiger partial charge is 0.481 e. The molecule has 2 aromatic rings. The summed E-state index contributed by atoms with van der Waals surface area (Å²) >= 11 is 3.43. The van der Waals surface area contributed by atoms with E-state index in [4.69, 9.17) is 4.98 Å². The molecular weight excluding hydrogens is 532 g/mol. The Hall–Kier alpha value is -2.16. The van der Waals surface area contributed by atoms with Crippen LogP contribution in [0.5, 0.6) is 0 Å². The number of pyridine rings is 1. The van der Waals surface area contributed by atoms with Crippen molar-refractivity contribution in [1.29, 1.82) is 0 Å². The van der Waals surface area contributed by atoms with Gasteiger partial charge in [0.05, 0.1) is 18.4 Å². The highest BCUT2D eigenvalue weighted by atomic mass is 79.9. The molecule has 190 valence electrons. The Morgan fingerprint density at radius 3 is 2.91 bits per heavy atom. The number of halogens is 2. The molecule has 4 rings (SSSR count). The fourth-order valence-electron chi connectivity index (χ4n) is 4.90. The first-order valence-electron chi connectivity index (χ1n) is 12.2. The van der Waals surface area contributed by atoms with E-state index in [-0.39, 0.29) is 30.7 Å². The van der Waals surface area contributed by atoms with Gasteiger partial charge in [-0.3, -0.25) is 9.59 Å². The number of likely N-dealkylation sites (tertiary alicyclic amines) is 1. The van der Waals surface area contributed by atoms with Gasteiger partial charge in [-0.1, -0.05) is 34.1 Å². The van der Waals surface area contributed by atoms with Crippen LogP contribution in [0.3, 0.4) is 0 Å². The Bertz CT molecular complexity index is 1020. The lowest BCUT2D eigenvalue weighted by molar-refractivity contribution is -0.138. The number of aliphatic carboxylic acids is 1. The van der Waals surface area contributed by atoms with Crippen LogP contribution in [0.2, 0.25) is 0 Å². The predicted octanol–water partition coefficient (Wildman–Crippen LogP) is 4.60. The molecule has 0 spiro atoms. The van der Waals surface area contributed by atoms with E-state index in [1.807, 2.05) is 24.3 Å². The van der Waals surface area contributed by atoms with Crippen LogP contribution in [0.4, 0.5) is 5.82 Å². The van der Waals surface area contributed by atoms with E-state index in [2.05, 4.69) is 43.6 Å². The SMILES string of the molecule is Cl.O=C(O)C[C@H](NC(=O)[C@@H]1CCCN(CCCc2ccc3c(n2)NCCC3)C1)c1cccc(Br)c1. The first-order chi connectivity index (χ1) is 16.5. The minimum atomic E-state index is -0.929. The van der Waals surface area contributed by atoms with E-state index in [0.717, 1.165) is 79.7 Å². The van der Waals surface area contributed by atoms with Gasteiger partial charge in [-0.25, -0.2) is 4.98 Å². The molecule has 9 heteroatoms. The minimum Gasteiger partial charge on any atom is -0.481 e. The second-order valence-corrected chi connectivity index (χ2v) is 10.2. The molecule has 0 saturated carbocycles. The fourth-order valence-corrected chi connectivity index (χ4v) is 5.32. The van der Waals surface area contributed by atoms with E-state index in [1.54, 1.807) is 0 Å². The van der Waals surface area contributed by atoms with Gasteiger partial charge in [-0.2, -0.15) is 0 Å². The summed E-state index contributed by atoms with van der Waals surface area (Å²) in [4.78, 5) is 31.6. The van der Waals surface area contributed by atoms with Crippen LogP contribution in [0, 0.1) is 5.92 Å². The summed E-state index contributed by atoms with van der Waals surface area (Å²) in [6.45, 7) is 3.63. The molecule has 0 bridgehead atoms. The topological polar surface area (TPSA) is 94.6 Å². The summed E-state index contributed by atoms with van der Waals surface area (Å²) < 4.78 is 0.864. The molecule has 1 aromatic heterocycles. The van der Waals surface area contributed by atoms with Crippen LogP contribution < -0.4 is 10.6 Å². The molecule has 2 atom stereocenters. The number of carbonyl (C=O) groups is 2.